The average Bonchev–Trinajstić information content (AvgIpc) is 2.77. The number of halogens is 1. The Morgan fingerprint density at radius 2 is 1.97 bits per heavy atom. The largest absolute Gasteiger partial charge is 0.495 e. The first-order chi connectivity index (χ1) is 15.0. The van der Waals surface area contributed by atoms with Gasteiger partial charge in [0.1, 0.15) is 5.75 Å². The molecule has 1 aliphatic heterocycles. The molecule has 2 aromatic rings. The quantitative estimate of drug-likeness (QED) is 0.490. The molecule has 2 N–H and O–H groups in total. The summed E-state index contributed by atoms with van der Waals surface area (Å²) in [5, 5.41) is 12.5. The van der Waals surface area contributed by atoms with Gasteiger partial charge in [-0.3, -0.25) is 9.79 Å². The molecule has 7 heteroatoms. The Hall–Kier alpha value is -2.57. The van der Waals surface area contributed by atoms with Gasteiger partial charge in [0.25, 0.3) is 5.91 Å². The monoisotopic (exact) mass is 455 g/mol. The van der Waals surface area contributed by atoms with Crippen LogP contribution in [0.1, 0.15) is 31.7 Å². The van der Waals surface area contributed by atoms with E-state index in [0.29, 0.717) is 27.7 Å². The second kappa shape index (κ2) is 10.6. The van der Waals surface area contributed by atoms with E-state index in [1.807, 2.05) is 43.3 Å². The molecule has 0 fully saturated rings. The van der Waals surface area contributed by atoms with Gasteiger partial charge in [-0.05, 0) is 42.9 Å². The fourth-order valence-electron chi connectivity index (χ4n) is 3.67. The third kappa shape index (κ3) is 5.02. The number of carbonyl (C=O) groups excluding carboxylic acids is 1. The van der Waals surface area contributed by atoms with Crippen LogP contribution in [0.5, 0.6) is 5.75 Å². The molecule has 0 bridgehead atoms. The van der Waals surface area contributed by atoms with Crippen molar-refractivity contribution >= 4 is 46.2 Å². The lowest BCUT2D eigenvalue weighted by atomic mass is 9.78. The summed E-state index contributed by atoms with van der Waals surface area (Å²) < 4.78 is 5.38. The van der Waals surface area contributed by atoms with Crippen LogP contribution in [0.4, 0.5) is 5.69 Å². The number of amides is 1. The van der Waals surface area contributed by atoms with E-state index in [9.17, 15) is 4.79 Å². The Labute approximate surface area is 192 Å². The van der Waals surface area contributed by atoms with Crippen LogP contribution in [-0.2, 0) is 4.79 Å². The first-order valence-corrected chi connectivity index (χ1v) is 11.5. The first-order valence-electron chi connectivity index (χ1n) is 10.1. The summed E-state index contributed by atoms with van der Waals surface area (Å²) in [6.07, 6.45) is 2.37. The summed E-state index contributed by atoms with van der Waals surface area (Å²) >= 11 is 8.19. The number of methoxy groups -OCH3 is 1. The first kappa shape index (κ1) is 23.1. The Bertz CT molecular complexity index is 1030. The zero-order valence-corrected chi connectivity index (χ0v) is 19.4. The van der Waals surface area contributed by atoms with Gasteiger partial charge >= 0.3 is 0 Å². The number of hydrogen-bond acceptors (Lipinski definition) is 5. The van der Waals surface area contributed by atoms with Crippen LogP contribution in [0.25, 0.3) is 0 Å². The van der Waals surface area contributed by atoms with E-state index in [1.165, 1.54) is 6.21 Å². The molecule has 5 nitrogen and oxygen atoms in total. The van der Waals surface area contributed by atoms with E-state index in [0.717, 1.165) is 22.8 Å². The predicted molar refractivity (Wildman–Crippen MR) is 131 cm³/mol. The number of nitrogens with one attached hydrogen (secondary N) is 2. The molecule has 2 unspecified atom stereocenters. The molecule has 31 heavy (non-hydrogen) atoms. The molecule has 0 radical (unpaired) electrons. The molecular formula is C24H26ClN3O2S. The summed E-state index contributed by atoms with van der Waals surface area (Å²) in [4.78, 5) is 18.2. The molecule has 0 aliphatic carbocycles. The van der Waals surface area contributed by atoms with Crippen LogP contribution in [0.2, 0.25) is 5.02 Å². The highest BCUT2D eigenvalue weighted by molar-refractivity contribution is 8.14. The lowest BCUT2D eigenvalue weighted by Crippen LogP contribution is -2.33. The Kier molecular flexibility index (Phi) is 7.93. The van der Waals surface area contributed by atoms with Crippen LogP contribution >= 0.6 is 23.4 Å². The maximum atomic E-state index is 13.5. The molecule has 3 rings (SSSR count). The number of aliphatic imine (C=N–C) groups is 1. The maximum absolute atomic E-state index is 13.5. The molecule has 0 saturated carbocycles. The van der Waals surface area contributed by atoms with Crippen LogP contribution in [0, 0.1) is 11.3 Å². The number of ether oxygens (including phenoxy) is 1. The number of carbonyl (C=O) groups is 1. The number of hydrogen-bond donors (Lipinski definition) is 2. The normalized spacial score (nSPS) is 18.4. The molecule has 0 saturated heterocycles. The number of anilines is 1. The van der Waals surface area contributed by atoms with Gasteiger partial charge in [-0.2, -0.15) is 0 Å². The zero-order valence-electron chi connectivity index (χ0n) is 17.8. The minimum atomic E-state index is -0.405. The maximum Gasteiger partial charge on any atom is 0.254 e. The van der Waals surface area contributed by atoms with Crippen molar-refractivity contribution in [3.63, 3.8) is 0 Å². The van der Waals surface area contributed by atoms with Crippen molar-refractivity contribution in [3.05, 3.63) is 70.4 Å². The van der Waals surface area contributed by atoms with Crippen LogP contribution in [0.3, 0.4) is 0 Å². The van der Waals surface area contributed by atoms with Gasteiger partial charge in [0.05, 0.1) is 23.8 Å². The van der Waals surface area contributed by atoms with Gasteiger partial charge < -0.3 is 15.5 Å². The van der Waals surface area contributed by atoms with Crippen molar-refractivity contribution in [2.75, 3.05) is 18.2 Å². The molecule has 0 spiro atoms. The number of nitrogens with zero attached hydrogens (tertiary/aromatic N) is 1. The number of para-hydroxylation sites is 2. The number of allylic oxidation sites excluding steroid dienone is 1. The van der Waals surface area contributed by atoms with Gasteiger partial charge in [0.15, 0.2) is 0 Å². The minimum Gasteiger partial charge on any atom is -0.495 e. The van der Waals surface area contributed by atoms with Crippen LogP contribution < -0.4 is 10.1 Å². The molecule has 1 heterocycles. The summed E-state index contributed by atoms with van der Waals surface area (Å²) in [5.41, 5.74) is 2.53. The number of rotatable bonds is 7. The highest BCUT2D eigenvalue weighted by Crippen LogP contribution is 2.43. The lowest BCUT2D eigenvalue weighted by Gasteiger charge is -2.32. The highest BCUT2D eigenvalue weighted by Gasteiger charge is 2.38. The molecule has 1 amide bonds. The van der Waals surface area contributed by atoms with Crippen molar-refractivity contribution in [1.82, 2.24) is 0 Å². The van der Waals surface area contributed by atoms with Crippen molar-refractivity contribution in [2.24, 2.45) is 10.9 Å². The van der Waals surface area contributed by atoms with Crippen LogP contribution in [0.15, 0.2) is 64.8 Å². The Morgan fingerprint density at radius 1 is 1.26 bits per heavy atom. The third-order valence-corrected chi connectivity index (χ3v) is 6.71. The summed E-state index contributed by atoms with van der Waals surface area (Å²) in [7, 11) is 1.56. The van der Waals surface area contributed by atoms with E-state index >= 15 is 0 Å². The standard InChI is InChI=1S/C24H26ClN3O2S/c1-4-13-31-24-17(14-26)22(16-9-5-6-10-18(16)25)21(15(2)27-24)23(29)28-19-11-7-8-12-20(19)30-3/h5-12,14,17,22,26H,4,13H2,1-3H3,(H,28,29). The van der Waals surface area contributed by atoms with E-state index < -0.39 is 5.92 Å². The third-order valence-electron chi connectivity index (χ3n) is 5.10. The molecular weight excluding hydrogens is 430 g/mol. The van der Waals surface area contributed by atoms with E-state index in [1.54, 1.807) is 31.0 Å². The average molecular weight is 456 g/mol. The highest BCUT2D eigenvalue weighted by atomic mass is 35.5. The summed E-state index contributed by atoms with van der Waals surface area (Å²) in [5.74, 6) is 0.429. The molecule has 1 aliphatic rings. The van der Waals surface area contributed by atoms with Crippen molar-refractivity contribution in [2.45, 2.75) is 26.2 Å². The SMILES string of the molecule is CCCSC1=NC(C)=C(C(=O)Nc2ccccc2OC)C(c2ccccc2Cl)C1C=N. The van der Waals surface area contributed by atoms with Crippen LogP contribution in [-0.4, -0.2) is 30.0 Å². The molecule has 2 atom stereocenters. The number of benzene rings is 2. The zero-order chi connectivity index (χ0) is 22.4. The Balaban J connectivity index is 2.10. The predicted octanol–water partition coefficient (Wildman–Crippen LogP) is 6.17. The van der Waals surface area contributed by atoms with Gasteiger partial charge in [0.2, 0.25) is 0 Å². The lowest BCUT2D eigenvalue weighted by molar-refractivity contribution is -0.113. The van der Waals surface area contributed by atoms with E-state index in [2.05, 4.69) is 12.2 Å². The fourth-order valence-corrected chi connectivity index (χ4v) is 4.93. The van der Waals surface area contributed by atoms with Gasteiger partial charge in [-0.15, -0.1) is 11.8 Å². The fraction of sp³-hybridized carbons (Fsp3) is 0.292. The second-order valence-corrected chi connectivity index (χ2v) is 8.67. The minimum absolute atomic E-state index is 0.276. The summed E-state index contributed by atoms with van der Waals surface area (Å²) in [6.45, 7) is 3.95. The molecule has 0 aromatic heterocycles. The molecule has 2 aromatic carbocycles. The van der Waals surface area contributed by atoms with E-state index in [4.69, 9.17) is 26.7 Å². The van der Waals surface area contributed by atoms with Gasteiger partial charge in [-0.25, -0.2) is 0 Å². The second-order valence-electron chi connectivity index (χ2n) is 7.14. The summed E-state index contributed by atoms with van der Waals surface area (Å²) in [6, 6.07) is 14.8. The van der Waals surface area contributed by atoms with Gasteiger partial charge in [-0.1, -0.05) is 48.9 Å². The number of thioether (sulfide) groups is 1. The van der Waals surface area contributed by atoms with Crippen molar-refractivity contribution in [3.8, 4) is 5.75 Å². The van der Waals surface area contributed by atoms with E-state index in [-0.39, 0.29) is 11.8 Å². The molecule has 162 valence electrons. The topological polar surface area (TPSA) is 74.5 Å². The van der Waals surface area contributed by atoms with Gasteiger partial charge in [0, 0.05) is 28.4 Å². The smallest absolute Gasteiger partial charge is 0.254 e. The van der Waals surface area contributed by atoms with Crippen molar-refractivity contribution in [1.29, 1.82) is 5.41 Å². The Morgan fingerprint density at radius 3 is 2.65 bits per heavy atom. The van der Waals surface area contributed by atoms with Crippen molar-refractivity contribution < 1.29 is 9.53 Å².